The van der Waals surface area contributed by atoms with Gasteiger partial charge in [-0.25, -0.2) is 36.7 Å². The molecule has 10 nitrogen and oxygen atoms in total. The summed E-state index contributed by atoms with van der Waals surface area (Å²) in [5.41, 5.74) is 1.51. The first-order chi connectivity index (χ1) is 18.4. The van der Waals surface area contributed by atoms with Crippen LogP contribution >= 0.6 is 0 Å². The largest absolute Gasteiger partial charge is 0.446 e. The Bertz CT molecular complexity index is 1210. The third-order valence-electron chi connectivity index (χ3n) is 7.70. The molecule has 3 atom stereocenters. The summed E-state index contributed by atoms with van der Waals surface area (Å²) in [4.78, 5) is 31.4. The summed E-state index contributed by atoms with van der Waals surface area (Å²) in [6.45, 7) is 2.63. The zero-order valence-electron chi connectivity index (χ0n) is 21.7. The number of halogens is 4. The standard InChI is InChI=1S/C25H32F4N6O4/c1-14-11-34(22(36)31-14)19(13-38-2)16-7-20-32-18(12-35(20)30-10-16)21(15-3-5-24(26,27)6-4-15)33-23(37)39-17-8-25(28,29)9-17/h7,10,12,14-15,17,19,21H,3-6,8-9,11,13H2,1-2H3,(H,31,36)(H,33,37)/t14-,19-,21+/m1/s1. The lowest BCUT2D eigenvalue weighted by molar-refractivity contribution is -0.144. The molecule has 2 aromatic heterocycles. The average molecular weight is 557 g/mol. The Labute approximate surface area is 222 Å². The highest BCUT2D eigenvalue weighted by Gasteiger charge is 2.48. The number of ether oxygens (including phenoxy) is 2. The fraction of sp³-hybridized carbons (Fsp3) is 0.680. The number of nitrogens with zero attached hydrogens (tertiary/aromatic N) is 4. The number of rotatable bonds is 8. The lowest BCUT2D eigenvalue weighted by atomic mass is 9.81. The Morgan fingerprint density at radius 3 is 2.56 bits per heavy atom. The summed E-state index contributed by atoms with van der Waals surface area (Å²) < 4.78 is 66.1. The van der Waals surface area contributed by atoms with Gasteiger partial charge in [-0.2, -0.15) is 5.10 Å². The predicted molar refractivity (Wildman–Crippen MR) is 130 cm³/mol. The molecule has 214 valence electrons. The fourth-order valence-corrected chi connectivity index (χ4v) is 5.58. The number of aromatic nitrogens is 3. The number of fused-ring (bicyclic) bond motifs is 1. The Kier molecular flexibility index (Phi) is 7.33. The number of imidazole rings is 1. The monoisotopic (exact) mass is 556 g/mol. The van der Waals surface area contributed by atoms with Crippen molar-refractivity contribution in [1.82, 2.24) is 30.1 Å². The molecule has 0 spiro atoms. The topological polar surface area (TPSA) is 110 Å². The maximum atomic E-state index is 13.9. The van der Waals surface area contributed by atoms with Crippen molar-refractivity contribution >= 4 is 17.8 Å². The summed E-state index contributed by atoms with van der Waals surface area (Å²) in [5, 5.41) is 9.99. The molecule has 2 aromatic rings. The van der Waals surface area contributed by atoms with Crippen molar-refractivity contribution in [2.75, 3.05) is 20.3 Å². The number of alkyl carbamates (subject to hydrolysis) is 1. The van der Waals surface area contributed by atoms with E-state index in [0.29, 0.717) is 23.4 Å². The van der Waals surface area contributed by atoms with Gasteiger partial charge in [0.2, 0.25) is 5.92 Å². The number of methoxy groups -OCH3 is 1. The molecule has 0 bridgehead atoms. The summed E-state index contributed by atoms with van der Waals surface area (Å²) >= 11 is 0. The maximum Gasteiger partial charge on any atom is 0.407 e. The molecule has 0 aromatic carbocycles. The number of amides is 3. The molecular formula is C25H32F4N6O4. The molecule has 1 aliphatic heterocycles. The second kappa shape index (κ2) is 10.4. The van der Waals surface area contributed by atoms with Gasteiger partial charge in [0.1, 0.15) is 6.10 Å². The van der Waals surface area contributed by atoms with Crippen LogP contribution in [0.1, 0.15) is 68.8 Å². The van der Waals surface area contributed by atoms with Crippen LogP contribution in [0.4, 0.5) is 27.2 Å². The highest BCUT2D eigenvalue weighted by atomic mass is 19.3. The molecular weight excluding hydrogens is 524 g/mol. The van der Waals surface area contributed by atoms with E-state index in [1.54, 1.807) is 23.4 Å². The van der Waals surface area contributed by atoms with E-state index in [4.69, 9.17) is 9.47 Å². The van der Waals surface area contributed by atoms with Gasteiger partial charge in [-0.05, 0) is 31.7 Å². The first-order valence-electron chi connectivity index (χ1n) is 13.1. The van der Waals surface area contributed by atoms with E-state index in [1.807, 2.05) is 6.92 Å². The van der Waals surface area contributed by atoms with E-state index in [9.17, 15) is 27.2 Å². The van der Waals surface area contributed by atoms with Gasteiger partial charge >= 0.3 is 12.1 Å². The Morgan fingerprint density at radius 2 is 1.95 bits per heavy atom. The van der Waals surface area contributed by atoms with Crippen molar-refractivity contribution in [2.24, 2.45) is 5.92 Å². The quantitative estimate of drug-likeness (QED) is 0.472. The van der Waals surface area contributed by atoms with Crippen LogP contribution in [0.5, 0.6) is 0 Å². The van der Waals surface area contributed by atoms with E-state index < -0.39 is 49.0 Å². The van der Waals surface area contributed by atoms with Crippen LogP contribution in [0.25, 0.3) is 5.65 Å². The highest BCUT2D eigenvalue weighted by Crippen LogP contribution is 2.42. The van der Waals surface area contributed by atoms with E-state index in [1.165, 1.54) is 11.6 Å². The molecule has 39 heavy (non-hydrogen) atoms. The van der Waals surface area contributed by atoms with E-state index >= 15 is 0 Å². The Hall–Kier alpha value is -3.16. The number of hydrogen-bond donors (Lipinski definition) is 2. The molecule has 1 saturated heterocycles. The summed E-state index contributed by atoms with van der Waals surface area (Å²) in [6.07, 6.45) is -0.0419. The molecule has 3 aliphatic rings. The molecule has 3 amide bonds. The van der Waals surface area contributed by atoms with Gasteiger partial charge in [0.25, 0.3) is 5.92 Å². The first kappa shape index (κ1) is 27.4. The first-order valence-corrected chi connectivity index (χ1v) is 13.1. The minimum atomic E-state index is -2.85. The zero-order chi connectivity index (χ0) is 27.9. The third kappa shape index (κ3) is 6.04. The molecule has 5 rings (SSSR count). The molecule has 3 heterocycles. The van der Waals surface area contributed by atoms with Gasteiger partial charge < -0.3 is 25.0 Å². The Balaban J connectivity index is 1.39. The van der Waals surface area contributed by atoms with E-state index in [-0.39, 0.29) is 50.3 Å². The highest BCUT2D eigenvalue weighted by molar-refractivity contribution is 5.77. The average Bonchev–Trinajstić information content (AvgIpc) is 3.41. The molecule has 2 saturated carbocycles. The number of carbonyl (C=O) groups is 2. The summed E-state index contributed by atoms with van der Waals surface area (Å²) in [5.74, 6) is -5.98. The van der Waals surface area contributed by atoms with Gasteiger partial charge in [0.05, 0.1) is 36.8 Å². The van der Waals surface area contributed by atoms with Gasteiger partial charge in [-0.3, -0.25) is 0 Å². The van der Waals surface area contributed by atoms with Crippen molar-refractivity contribution < 1.29 is 36.6 Å². The lowest BCUT2D eigenvalue weighted by Gasteiger charge is -2.36. The summed E-state index contributed by atoms with van der Waals surface area (Å²) in [6, 6.07) is 0.334. The second-order valence-corrected chi connectivity index (χ2v) is 10.8. The number of nitrogens with one attached hydrogen (secondary N) is 2. The van der Waals surface area contributed by atoms with Crippen molar-refractivity contribution in [3.05, 3.63) is 29.7 Å². The van der Waals surface area contributed by atoms with Crippen LogP contribution in [0.15, 0.2) is 18.5 Å². The third-order valence-corrected chi connectivity index (χ3v) is 7.70. The minimum absolute atomic E-state index is 0.0211. The smallest absolute Gasteiger partial charge is 0.407 e. The number of hydrogen-bond acceptors (Lipinski definition) is 6. The van der Waals surface area contributed by atoms with Crippen LogP contribution in [-0.4, -0.2) is 75.9 Å². The van der Waals surface area contributed by atoms with Crippen LogP contribution in [0.2, 0.25) is 0 Å². The van der Waals surface area contributed by atoms with E-state index in [2.05, 4.69) is 20.7 Å². The van der Waals surface area contributed by atoms with E-state index in [0.717, 1.165) is 0 Å². The number of alkyl halides is 4. The van der Waals surface area contributed by atoms with Gasteiger partial charge in [0.15, 0.2) is 5.65 Å². The molecule has 2 aliphatic carbocycles. The van der Waals surface area contributed by atoms with Crippen LogP contribution in [-0.2, 0) is 9.47 Å². The minimum Gasteiger partial charge on any atom is -0.446 e. The van der Waals surface area contributed by atoms with Crippen LogP contribution in [0, 0.1) is 5.92 Å². The molecule has 0 unspecified atom stereocenters. The van der Waals surface area contributed by atoms with Crippen molar-refractivity contribution in [1.29, 1.82) is 0 Å². The second-order valence-electron chi connectivity index (χ2n) is 10.8. The maximum absolute atomic E-state index is 13.9. The molecule has 2 N–H and O–H groups in total. The zero-order valence-corrected chi connectivity index (χ0v) is 21.7. The van der Waals surface area contributed by atoms with Gasteiger partial charge in [-0.1, -0.05) is 0 Å². The molecule has 3 fully saturated rings. The van der Waals surface area contributed by atoms with Gasteiger partial charge in [0, 0.05) is 50.9 Å². The van der Waals surface area contributed by atoms with Crippen LogP contribution in [0.3, 0.4) is 0 Å². The SMILES string of the molecule is COC[C@H](c1cnn2cc([C@@H](NC(=O)OC3CC(F)(F)C3)C3CCC(F)(F)CC3)nc2c1)N1C[C@@H](C)NC1=O. The van der Waals surface area contributed by atoms with Crippen molar-refractivity contribution in [3.8, 4) is 0 Å². The Morgan fingerprint density at radius 1 is 1.23 bits per heavy atom. The normalized spacial score (nSPS) is 24.7. The lowest BCUT2D eigenvalue weighted by Crippen LogP contribution is -2.45. The predicted octanol–water partition coefficient (Wildman–Crippen LogP) is 4.22. The summed E-state index contributed by atoms with van der Waals surface area (Å²) in [7, 11) is 1.54. The fourth-order valence-electron chi connectivity index (χ4n) is 5.58. The number of carbonyl (C=O) groups excluding carboxylic acids is 2. The van der Waals surface area contributed by atoms with Crippen LogP contribution < -0.4 is 10.6 Å². The van der Waals surface area contributed by atoms with Crippen molar-refractivity contribution in [3.63, 3.8) is 0 Å². The van der Waals surface area contributed by atoms with Crippen molar-refractivity contribution in [2.45, 2.75) is 81.5 Å². The molecule has 0 radical (unpaired) electrons. The van der Waals surface area contributed by atoms with Gasteiger partial charge in [-0.15, -0.1) is 0 Å². The number of urea groups is 1. The molecule has 14 heteroatoms.